The number of hydrogen-bond acceptors (Lipinski definition) is 5. The van der Waals surface area contributed by atoms with Crippen molar-refractivity contribution in [3.05, 3.63) is 30.0 Å². The number of amides is 1. The van der Waals surface area contributed by atoms with Crippen molar-refractivity contribution in [2.75, 3.05) is 34.0 Å². The van der Waals surface area contributed by atoms with Crippen LogP contribution < -0.4 is 9.47 Å². The number of fused-ring (bicyclic) bond motifs is 1. The number of benzene rings is 1. The zero-order valence-corrected chi connectivity index (χ0v) is 16.0. The number of carbonyl (C=O) groups excluding carboxylic acids is 1. The third-order valence-electron chi connectivity index (χ3n) is 5.61. The zero-order chi connectivity index (χ0) is 19.0. The summed E-state index contributed by atoms with van der Waals surface area (Å²) in [6.07, 6.45) is 1.91. The van der Waals surface area contributed by atoms with Gasteiger partial charge in [0.15, 0.2) is 17.2 Å². The van der Waals surface area contributed by atoms with Gasteiger partial charge in [0.05, 0.1) is 26.5 Å². The molecule has 1 aromatic carbocycles. The molecular formula is C20H25N3O4. The maximum atomic E-state index is 13.1. The van der Waals surface area contributed by atoms with E-state index in [1.807, 2.05) is 36.2 Å². The second kappa shape index (κ2) is 7.23. The molecule has 2 aliphatic rings. The van der Waals surface area contributed by atoms with Crippen LogP contribution in [0.4, 0.5) is 0 Å². The summed E-state index contributed by atoms with van der Waals surface area (Å²) in [7, 11) is 5.07. The second-order valence-electron chi connectivity index (χ2n) is 7.09. The first-order valence-electron chi connectivity index (χ1n) is 9.27. The van der Waals surface area contributed by atoms with E-state index in [0.29, 0.717) is 23.1 Å². The Balaban J connectivity index is 1.61. The van der Waals surface area contributed by atoms with Crippen molar-refractivity contribution in [1.82, 2.24) is 14.7 Å². The molecule has 2 saturated heterocycles. The standard InChI is InChI=1S/C20H25N3O4/c1-22-17(13-4-5-18(25-2)19(10-13)26-3)11-15(21-22)20(24)23-8-6-14-12-27-9-7-16(14)23/h4-5,10-11,14,16H,6-9,12H2,1-3H3. The first-order valence-corrected chi connectivity index (χ1v) is 9.27. The van der Waals surface area contributed by atoms with Crippen LogP contribution in [0, 0.1) is 5.92 Å². The number of rotatable bonds is 4. The Morgan fingerprint density at radius 1 is 1.19 bits per heavy atom. The summed E-state index contributed by atoms with van der Waals surface area (Å²) in [6.45, 7) is 2.26. The summed E-state index contributed by atoms with van der Waals surface area (Å²) in [6, 6.07) is 7.83. The molecule has 27 heavy (non-hydrogen) atoms. The molecule has 0 saturated carbocycles. The molecule has 2 atom stereocenters. The number of methoxy groups -OCH3 is 2. The molecule has 7 nitrogen and oxygen atoms in total. The van der Waals surface area contributed by atoms with E-state index in [2.05, 4.69) is 5.10 Å². The molecule has 0 radical (unpaired) electrons. The fraction of sp³-hybridized carbons (Fsp3) is 0.500. The molecular weight excluding hydrogens is 346 g/mol. The van der Waals surface area contributed by atoms with Crippen LogP contribution in [0.3, 0.4) is 0 Å². The highest BCUT2D eigenvalue weighted by Gasteiger charge is 2.39. The highest BCUT2D eigenvalue weighted by molar-refractivity contribution is 5.94. The van der Waals surface area contributed by atoms with E-state index in [-0.39, 0.29) is 11.9 Å². The number of carbonyl (C=O) groups is 1. The molecule has 1 aromatic heterocycles. The molecule has 2 unspecified atom stereocenters. The molecule has 144 valence electrons. The number of likely N-dealkylation sites (tertiary alicyclic amines) is 1. The van der Waals surface area contributed by atoms with Gasteiger partial charge in [-0.15, -0.1) is 0 Å². The summed E-state index contributed by atoms with van der Waals surface area (Å²) in [5, 5.41) is 4.49. The van der Waals surface area contributed by atoms with Gasteiger partial charge < -0.3 is 19.1 Å². The molecule has 7 heteroatoms. The first kappa shape index (κ1) is 17.9. The minimum Gasteiger partial charge on any atom is -0.493 e. The van der Waals surface area contributed by atoms with Gasteiger partial charge in [0.1, 0.15) is 0 Å². The average molecular weight is 371 g/mol. The minimum absolute atomic E-state index is 0.00623. The lowest BCUT2D eigenvalue weighted by Crippen LogP contribution is -2.42. The van der Waals surface area contributed by atoms with Crippen LogP contribution in [0.2, 0.25) is 0 Å². The van der Waals surface area contributed by atoms with Gasteiger partial charge >= 0.3 is 0 Å². The van der Waals surface area contributed by atoms with Crippen LogP contribution in [0.5, 0.6) is 11.5 Å². The van der Waals surface area contributed by atoms with Crippen LogP contribution in [0.25, 0.3) is 11.3 Å². The summed E-state index contributed by atoms with van der Waals surface area (Å²) < 4.78 is 18.0. The van der Waals surface area contributed by atoms with Gasteiger partial charge in [0.25, 0.3) is 5.91 Å². The van der Waals surface area contributed by atoms with Gasteiger partial charge in [0.2, 0.25) is 0 Å². The molecule has 0 bridgehead atoms. The van der Waals surface area contributed by atoms with E-state index in [1.165, 1.54) is 0 Å². The van der Waals surface area contributed by atoms with E-state index in [1.54, 1.807) is 18.9 Å². The largest absolute Gasteiger partial charge is 0.493 e. The summed E-state index contributed by atoms with van der Waals surface area (Å²) in [4.78, 5) is 15.1. The van der Waals surface area contributed by atoms with Gasteiger partial charge in [-0.25, -0.2) is 0 Å². The van der Waals surface area contributed by atoms with E-state index in [9.17, 15) is 4.79 Å². The predicted molar refractivity (Wildman–Crippen MR) is 100 cm³/mol. The maximum Gasteiger partial charge on any atom is 0.274 e. The van der Waals surface area contributed by atoms with Crippen molar-refractivity contribution in [2.45, 2.75) is 18.9 Å². The SMILES string of the molecule is COc1ccc(-c2cc(C(=O)N3CCC4COCCC43)nn2C)cc1OC. The number of aromatic nitrogens is 2. The fourth-order valence-corrected chi connectivity index (χ4v) is 4.18. The van der Waals surface area contributed by atoms with Crippen molar-refractivity contribution >= 4 is 5.91 Å². The molecule has 4 rings (SSSR count). The molecule has 0 aliphatic carbocycles. The average Bonchev–Trinajstić information content (AvgIpc) is 3.30. The third kappa shape index (κ3) is 3.16. The smallest absolute Gasteiger partial charge is 0.274 e. The summed E-state index contributed by atoms with van der Waals surface area (Å²) in [5.41, 5.74) is 2.27. The predicted octanol–water partition coefficient (Wildman–Crippen LogP) is 2.36. The Labute approximate surface area is 158 Å². The quantitative estimate of drug-likeness (QED) is 0.825. The van der Waals surface area contributed by atoms with Crippen molar-refractivity contribution in [1.29, 1.82) is 0 Å². The van der Waals surface area contributed by atoms with Gasteiger partial charge in [-0.05, 0) is 37.1 Å². The lowest BCUT2D eigenvalue weighted by molar-refractivity contribution is 0.0211. The highest BCUT2D eigenvalue weighted by Crippen LogP contribution is 2.34. The highest BCUT2D eigenvalue weighted by atomic mass is 16.5. The Bertz CT molecular complexity index is 848. The van der Waals surface area contributed by atoms with Crippen LogP contribution in [-0.4, -0.2) is 60.6 Å². The van der Waals surface area contributed by atoms with Gasteiger partial charge in [-0.2, -0.15) is 5.10 Å². The topological polar surface area (TPSA) is 65.8 Å². The zero-order valence-electron chi connectivity index (χ0n) is 16.0. The van der Waals surface area contributed by atoms with Crippen molar-refractivity contribution in [3.63, 3.8) is 0 Å². The Morgan fingerprint density at radius 3 is 2.78 bits per heavy atom. The van der Waals surface area contributed by atoms with Crippen LogP contribution >= 0.6 is 0 Å². The lowest BCUT2D eigenvalue weighted by Gasteiger charge is -2.31. The fourth-order valence-electron chi connectivity index (χ4n) is 4.18. The van der Waals surface area contributed by atoms with Crippen molar-refractivity contribution in [3.8, 4) is 22.8 Å². The lowest BCUT2D eigenvalue weighted by atomic mass is 9.97. The van der Waals surface area contributed by atoms with Crippen LogP contribution in [0.15, 0.2) is 24.3 Å². The maximum absolute atomic E-state index is 13.1. The molecule has 0 spiro atoms. The van der Waals surface area contributed by atoms with E-state index in [0.717, 1.165) is 43.9 Å². The second-order valence-corrected chi connectivity index (χ2v) is 7.09. The molecule has 3 heterocycles. The first-order chi connectivity index (χ1) is 13.1. The molecule has 0 N–H and O–H groups in total. The molecule has 2 aromatic rings. The minimum atomic E-state index is 0.00623. The number of hydrogen-bond donors (Lipinski definition) is 0. The van der Waals surface area contributed by atoms with E-state index < -0.39 is 0 Å². The van der Waals surface area contributed by atoms with E-state index in [4.69, 9.17) is 14.2 Å². The van der Waals surface area contributed by atoms with Crippen LogP contribution in [-0.2, 0) is 11.8 Å². The Hall–Kier alpha value is -2.54. The van der Waals surface area contributed by atoms with Crippen LogP contribution in [0.1, 0.15) is 23.3 Å². The Morgan fingerprint density at radius 2 is 2.00 bits per heavy atom. The summed E-state index contributed by atoms with van der Waals surface area (Å²) in [5.74, 6) is 1.78. The third-order valence-corrected chi connectivity index (χ3v) is 5.61. The molecule has 1 amide bonds. The summed E-state index contributed by atoms with van der Waals surface area (Å²) >= 11 is 0. The number of aryl methyl sites for hydroxylation is 1. The number of nitrogens with zero attached hydrogens (tertiary/aromatic N) is 3. The normalized spacial score (nSPS) is 21.8. The Kier molecular flexibility index (Phi) is 4.78. The van der Waals surface area contributed by atoms with Crippen molar-refractivity contribution in [2.24, 2.45) is 13.0 Å². The van der Waals surface area contributed by atoms with Crippen molar-refractivity contribution < 1.29 is 19.0 Å². The number of ether oxygens (including phenoxy) is 3. The van der Waals surface area contributed by atoms with Gasteiger partial charge in [0, 0.05) is 37.7 Å². The monoisotopic (exact) mass is 371 g/mol. The molecule has 2 fully saturated rings. The van der Waals surface area contributed by atoms with Gasteiger partial charge in [-0.1, -0.05) is 0 Å². The van der Waals surface area contributed by atoms with Gasteiger partial charge in [-0.3, -0.25) is 9.48 Å². The van der Waals surface area contributed by atoms with E-state index >= 15 is 0 Å². The molecule has 2 aliphatic heterocycles.